The van der Waals surface area contributed by atoms with Crippen molar-refractivity contribution in [1.29, 1.82) is 0 Å². The molecule has 0 unspecified atom stereocenters. The second-order valence-corrected chi connectivity index (χ2v) is 7.39. The summed E-state index contributed by atoms with van der Waals surface area (Å²) in [5, 5.41) is 7.30. The SMILES string of the molecule is CCCCNC(=O)CCNc1ncnc2sc(C)c(-c3ccccc3)c12. The molecule has 0 spiro atoms. The quantitative estimate of drug-likeness (QED) is 0.579. The summed E-state index contributed by atoms with van der Waals surface area (Å²) < 4.78 is 0. The molecule has 136 valence electrons. The number of nitrogens with zero attached hydrogens (tertiary/aromatic N) is 2. The Balaban J connectivity index is 1.78. The molecule has 0 atom stereocenters. The van der Waals surface area contributed by atoms with Crippen LogP contribution < -0.4 is 10.6 Å². The van der Waals surface area contributed by atoms with Crippen LogP contribution in [0.3, 0.4) is 0 Å². The fourth-order valence-corrected chi connectivity index (χ4v) is 3.93. The lowest BCUT2D eigenvalue weighted by molar-refractivity contribution is -0.120. The lowest BCUT2D eigenvalue weighted by Gasteiger charge is -2.09. The van der Waals surface area contributed by atoms with Crippen molar-refractivity contribution in [2.24, 2.45) is 0 Å². The first-order valence-corrected chi connectivity index (χ1v) is 9.82. The number of hydrogen-bond donors (Lipinski definition) is 2. The highest BCUT2D eigenvalue weighted by molar-refractivity contribution is 7.19. The number of rotatable bonds is 8. The van der Waals surface area contributed by atoms with Crippen LogP contribution in [-0.4, -0.2) is 29.0 Å². The molecule has 5 nitrogen and oxygen atoms in total. The number of hydrogen-bond acceptors (Lipinski definition) is 5. The van der Waals surface area contributed by atoms with Gasteiger partial charge in [0, 0.05) is 30.0 Å². The van der Waals surface area contributed by atoms with E-state index in [1.54, 1.807) is 17.7 Å². The van der Waals surface area contributed by atoms with Gasteiger partial charge >= 0.3 is 0 Å². The predicted molar refractivity (Wildman–Crippen MR) is 109 cm³/mol. The van der Waals surface area contributed by atoms with Gasteiger partial charge < -0.3 is 10.6 Å². The van der Waals surface area contributed by atoms with Crippen LogP contribution in [0.5, 0.6) is 0 Å². The Labute approximate surface area is 157 Å². The highest BCUT2D eigenvalue weighted by Crippen LogP contribution is 2.40. The Bertz CT molecular complexity index is 876. The molecule has 3 rings (SSSR count). The minimum absolute atomic E-state index is 0.0704. The number of carbonyl (C=O) groups is 1. The molecule has 0 radical (unpaired) electrons. The summed E-state index contributed by atoms with van der Waals surface area (Å²) >= 11 is 1.67. The number of benzene rings is 1. The highest BCUT2D eigenvalue weighted by atomic mass is 32.1. The third-order valence-electron chi connectivity index (χ3n) is 4.22. The second-order valence-electron chi connectivity index (χ2n) is 6.18. The molecule has 0 aliphatic heterocycles. The molecule has 0 saturated carbocycles. The van der Waals surface area contributed by atoms with Gasteiger partial charge in [-0.25, -0.2) is 9.97 Å². The average molecular weight is 369 g/mol. The number of aromatic nitrogens is 2. The Morgan fingerprint density at radius 2 is 1.96 bits per heavy atom. The van der Waals surface area contributed by atoms with E-state index in [0.717, 1.165) is 41.0 Å². The van der Waals surface area contributed by atoms with Crippen molar-refractivity contribution < 1.29 is 4.79 Å². The molecule has 6 heteroatoms. The number of amides is 1. The summed E-state index contributed by atoms with van der Waals surface area (Å²) in [5.74, 6) is 0.862. The van der Waals surface area contributed by atoms with E-state index in [9.17, 15) is 4.79 Å². The number of carbonyl (C=O) groups excluding carboxylic acids is 1. The van der Waals surface area contributed by atoms with Gasteiger partial charge in [-0.3, -0.25) is 4.79 Å². The van der Waals surface area contributed by atoms with Crippen molar-refractivity contribution in [2.45, 2.75) is 33.1 Å². The molecule has 0 saturated heterocycles. The maximum atomic E-state index is 11.9. The Hall–Kier alpha value is -2.47. The number of nitrogens with one attached hydrogen (secondary N) is 2. The molecule has 0 aliphatic rings. The molecular weight excluding hydrogens is 344 g/mol. The van der Waals surface area contributed by atoms with Gasteiger partial charge in [0.05, 0.1) is 5.39 Å². The number of unbranched alkanes of at least 4 members (excludes halogenated alkanes) is 1. The van der Waals surface area contributed by atoms with E-state index in [4.69, 9.17) is 0 Å². The molecule has 1 amide bonds. The summed E-state index contributed by atoms with van der Waals surface area (Å²) in [7, 11) is 0. The number of fused-ring (bicyclic) bond motifs is 1. The van der Waals surface area contributed by atoms with E-state index < -0.39 is 0 Å². The van der Waals surface area contributed by atoms with Crippen molar-refractivity contribution in [3.8, 4) is 11.1 Å². The van der Waals surface area contributed by atoms with Crippen molar-refractivity contribution in [1.82, 2.24) is 15.3 Å². The molecule has 3 aromatic rings. The predicted octanol–water partition coefficient (Wildman–Crippen LogP) is 4.39. The molecule has 1 aromatic carbocycles. The first-order valence-electron chi connectivity index (χ1n) is 9.00. The number of anilines is 1. The highest BCUT2D eigenvalue weighted by Gasteiger charge is 2.16. The molecule has 0 fully saturated rings. The van der Waals surface area contributed by atoms with Crippen LogP contribution in [0, 0.1) is 6.92 Å². The van der Waals surface area contributed by atoms with E-state index in [1.807, 2.05) is 18.2 Å². The zero-order valence-electron chi connectivity index (χ0n) is 15.2. The van der Waals surface area contributed by atoms with E-state index in [1.165, 1.54) is 10.4 Å². The van der Waals surface area contributed by atoms with Gasteiger partial charge in [0.1, 0.15) is 17.0 Å². The molecule has 2 N–H and O–H groups in total. The molecule has 2 heterocycles. The lowest BCUT2D eigenvalue weighted by atomic mass is 10.0. The first-order chi connectivity index (χ1) is 12.7. The van der Waals surface area contributed by atoms with Crippen LogP contribution in [0.4, 0.5) is 5.82 Å². The summed E-state index contributed by atoms with van der Waals surface area (Å²) in [6.45, 7) is 5.52. The van der Waals surface area contributed by atoms with Gasteiger partial charge in [0.2, 0.25) is 5.91 Å². The average Bonchev–Trinajstić information content (AvgIpc) is 2.99. The molecule has 2 aromatic heterocycles. The van der Waals surface area contributed by atoms with Crippen LogP contribution in [0.1, 0.15) is 31.1 Å². The van der Waals surface area contributed by atoms with Gasteiger partial charge in [-0.2, -0.15) is 0 Å². The normalized spacial score (nSPS) is 10.8. The van der Waals surface area contributed by atoms with Crippen molar-refractivity contribution >= 4 is 33.3 Å². The van der Waals surface area contributed by atoms with Gasteiger partial charge in [-0.15, -0.1) is 11.3 Å². The number of thiophene rings is 1. The molecule has 0 bridgehead atoms. The van der Waals surface area contributed by atoms with E-state index in [2.05, 4.69) is 46.6 Å². The zero-order valence-corrected chi connectivity index (χ0v) is 16.0. The zero-order chi connectivity index (χ0) is 18.4. The maximum Gasteiger partial charge on any atom is 0.221 e. The molecular formula is C20H24N4OS. The summed E-state index contributed by atoms with van der Waals surface area (Å²) in [6, 6.07) is 10.3. The monoisotopic (exact) mass is 368 g/mol. The van der Waals surface area contributed by atoms with Crippen LogP contribution in [0.2, 0.25) is 0 Å². The first kappa shape index (κ1) is 18.3. The lowest BCUT2D eigenvalue weighted by Crippen LogP contribution is -2.26. The second kappa shape index (κ2) is 8.76. The Morgan fingerprint density at radius 1 is 1.15 bits per heavy atom. The fourth-order valence-electron chi connectivity index (χ4n) is 2.92. The van der Waals surface area contributed by atoms with E-state index in [-0.39, 0.29) is 5.91 Å². The van der Waals surface area contributed by atoms with Crippen LogP contribution >= 0.6 is 11.3 Å². The third-order valence-corrected chi connectivity index (χ3v) is 5.24. The Morgan fingerprint density at radius 3 is 2.73 bits per heavy atom. The van der Waals surface area contributed by atoms with E-state index >= 15 is 0 Å². The summed E-state index contributed by atoms with van der Waals surface area (Å²) in [5.41, 5.74) is 2.33. The van der Waals surface area contributed by atoms with Crippen molar-refractivity contribution in [2.75, 3.05) is 18.4 Å². The number of aryl methyl sites for hydroxylation is 1. The van der Waals surface area contributed by atoms with Crippen LogP contribution in [-0.2, 0) is 4.79 Å². The third kappa shape index (κ3) is 4.19. The summed E-state index contributed by atoms with van der Waals surface area (Å²) in [4.78, 5) is 22.9. The summed E-state index contributed by atoms with van der Waals surface area (Å²) in [6.07, 6.45) is 4.10. The van der Waals surface area contributed by atoms with Crippen molar-refractivity contribution in [3.05, 3.63) is 41.5 Å². The van der Waals surface area contributed by atoms with Crippen LogP contribution in [0.15, 0.2) is 36.7 Å². The van der Waals surface area contributed by atoms with Crippen molar-refractivity contribution in [3.63, 3.8) is 0 Å². The largest absolute Gasteiger partial charge is 0.369 e. The fraction of sp³-hybridized carbons (Fsp3) is 0.350. The van der Waals surface area contributed by atoms with Crippen LogP contribution in [0.25, 0.3) is 21.3 Å². The molecule has 0 aliphatic carbocycles. The van der Waals surface area contributed by atoms with Gasteiger partial charge in [-0.1, -0.05) is 43.7 Å². The minimum Gasteiger partial charge on any atom is -0.369 e. The minimum atomic E-state index is 0.0704. The molecule has 26 heavy (non-hydrogen) atoms. The van der Waals surface area contributed by atoms with Gasteiger partial charge in [-0.05, 0) is 18.9 Å². The topological polar surface area (TPSA) is 66.9 Å². The van der Waals surface area contributed by atoms with E-state index in [0.29, 0.717) is 13.0 Å². The van der Waals surface area contributed by atoms with Gasteiger partial charge in [0.25, 0.3) is 0 Å². The maximum absolute atomic E-state index is 11.9. The van der Waals surface area contributed by atoms with Gasteiger partial charge in [0.15, 0.2) is 0 Å². The Kier molecular flexibility index (Phi) is 6.17. The standard InChI is InChI=1S/C20H24N4OS/c1-3-4-11-21-16(25)10-12-22-19-18-17(15-8-6-5-7-9-15)14(2)26-20(18)24-13-23-19/h5-9,13H,3-4,10-12H2,1-2H3,(H,21,25)(H,22,23,24). The smallest absolute Gasteiger partial charge is 0.221 e.